The summed E-state index contributed by atoms with van der Waals surface area (Å²) >= 11 is 0. The van der Waals surface area contributed by atoms with E-state index in [1.54, 1.807) is 20.8 Å². The molecule has 1 aromatic heterocycles. The zero-order valence-electron chi connectivity index (χ0n) is 17.6. The third-order valence-electron chi connectivity index (χ3n) is 5.26. The van der Waals surface area contributed by atoms with Crippen molar-refractivity contribution in [1.29, 1.82) is 0 Å². The number of imidazole rings is 1. The third-order valence-corrected chi connectivity index (χ3v) is 5.26. The van der Waals surface area contributed by atoms with Gasteiger partial charge in [-0.1, -0.05) is 6.92 Å². The minimum absolute atomic E-state index is 0.396. The molecule has 1 aliphatic carbocycles. The van der Waals surface area contributed by atoms with Crippen molar-refractivity contribution in [2.75, 3.05) is 6.54 Å². The number of hydrogen-bond donors (Lipinski definition) is 2. The van der Waals surface area contributed by atoms with Crippen LogP contribution in [0.1, 0.15) is 78.0 Å². The summed E-state index contributed by atoms with van der Waals surface area (Å²) in [6.07, 6.45) is 9.66. The van der Waals surface area contributed by atoms with Crippen LogP contribution in [0.2, 0.25) is 0 Å². The van der Waals surface area contributed by atoms with Crippen molar-refractivity contribution >= 4 is 12.1 Å². The minimum Gasteiger partial charge on any atom is -0.481 e. The predicted octanol–water partition coefficient (Wildman–Crippen LogP) is 4.18. The number of carboxylic acids is 1. The summed E-state index contributed by atoms with van der Waals surface area (Å²) in [6.45, 7) is 8.11. The van der Waals surface area contributed by atoms with Crippen LogP contribution in [0.5, 0.6) is 0 Å². The maximum Gasteiger partial charge on any atom is 0.407 e. The third kappa shape index (κ3) is 7.52. The highest BCUT2D eigenvalue weighted by Crippen LogP contribution is 2.31. The summed E-state index contributed by atoms with van der Waals surface area (Å²) in [6, 6.07) is 0.485. The first-order valence-corrected chi connectivity index (χ1v) is 10.4. The normalized spacial score (nSPS) is 21.1. The van der Waals surface area contributed by atoms with Crippen LogP contribution in [0.15, 0.2) is 12.5 Å². The number of aromatic nitrogens is 2. The molecule has 0 aliphatic heterocycles. The zero-order valence-corrected chi connectivity index (χ0v) is 17.6. The Morgan fingerprint density at radius 2 is 2.00 bits per heavy atom. The van der Waals surface area contributed by atoms with Crippen LogP contribution in [0, 0.1) is 11.8 Å². The van der Waals surface area contributed by atoms with E-state index in [1.807, 2.05) is 12.5 Å². The Morgan fingerprint density at radius 1 is 1.32 bits per heavy atom. The Balaban J connectivity index is 1.78. The van der Waals surface area contributed by atoms with Gasteiger partial charge < -0.3 is 19.7 Å². The lowest BCUT2D eigenvalue weighted by molar-refractivity contribution is -0.142. The highest BCUT2D eigenvalue weighted by Gasteiger charge is 2.22. The second-order valence-electron chi connectivity index (χ2n) is 9.04. The van der Waals surface area contributed by atoms with Crippen LogP contribution >= 0.6 is 0 Å². The number of rotatable bonds is 8. The first-order chi connectivity index (χ1) is 13.1. The second-order valence-corrected chi connectivity index (χ2v) is 9.04. The van der Waals surface area contributed by atoms with Gasteiger partial charge >= 0.3 is 12.1 Å². The van der Waals surface area contributed by atoms with Crippen molar-refractivity contribution in [3.63, 3.8) is 0 Å². The van der Waals surface area contributed by atoms with E-state index in [2.05, 4.69) is 21.8 Å². The Kier molecular flexibility index (Phi) is 7.89. The number of ether oxygens (including phenoxy) is 1. The molecule has 0 spiro atoms. The zero-order chi connectivity index (χ0) is 20.7. The van der Waals surface area contributed by atoms with Crippen LogP contribution in [-0.4, -0.2) is 38.9 Å². The number of carbonyl (C=O) groups is 2. The number of nitrogens with zero attached hydrogens (tertiary/aromatic N) is 2. The molecule has 0 saturated heterocycles. The largest absolute Gasteiger partial charge is 0.481 e. The van der Waals surface area contributed by atoms with Gasteiger partial charge in [0.25, 0.3) is 0 Å². The predicted molar refractivity (Wildman–Crippen MR) is 107 cm³/mol. The first-order valence-electron chi connectivity index (χ1n) is 10.4. The highest BCUT2D eigenvalue weighted by molar-refractivity contribution is 5.70. The molecular formula is C21H35N3O4. The average molecular weight is 394 g/mol. The summed E-state index contributed by atoms with van der Waals surface area (Å²) in [4.78, 5) is 27.7. The smallest absolute Gasteiger partial charge is 0.407 e. The molecular weight excluding hydrogens is 358 g/mol. The lowest BCUT2D eigenvalue weighted by Gasteiger charge is -2.26. The molecule has 2 rings (SSSR count). The average Bonchev–Trinajstić information content (AvgIpc) is 3.05. The number of carboxylic acid groups (broad SMARTS) is 1. The van der Waals surface area contributed by atoms with E-state index in [0.717, 1.165) is 24.5 Å². The van der Waals surface area contributed by atoms with Crippen LogP contribution in [0.25, 0.3) is 0 Å². The SMILES string of the molecule is CC(C)(C)OC(=O)NCCC[C@@H](Cc1cn([C@H]2CC[C@H](C)CC2)cn1)C(=O)O. The molecule has 1 heterocycles. The molecule has 1 aromatic rings. The van der Waals surface area contributed by atoms with Gasteiger partial charge in [0.2, 0.25) is 0 Å². The van der Waals surface area contributed by atoms with E-state index in [0.29, 0.717) is 31.8 Å². The van der Waals surface area contributed by atoms with Gasteiger partial charge in [-0.15, -0.1) is 0 Å². The van der Waals surface area contributed by atoms with Crippen molar-refractivity contribution in [1.82, 2.24) is 14.9 Å². The molecule has 0 bridgehead atoms. The van der Waals surface area contributed by atoms with Crippen molar-refractivity contribution in [3.8, 4) is 0 Å². The molecule has 1 saturated carbocycles. The second kappa shape index (κ2) is 9.94. The van der Waals surface area contributed by atoms with E-state index >= 15 is 0 Å². The lowest BCUT2D eigenvalue weighted by Crippen LogP contribution is -2.33. The topological polar surface area (TPSA) is 93.5 Å². The molecule has 2 N–H and O–H groups in total. The maximum atomic E-state index is 11.6. The standard InChI is InChI=1S/C21H35N3O4/c1-15-7-9-18(10-8-15)24-13-17(23-14-24)12-16(19(25)26)6-5-11-22-20(27)28-21(2,3)4/h13-16,18H,5-12H2,1-4H3,(H,22,27)(H,25,26)/t15-,16-,18-/m0/s1. The van der Waals surface area contributed by atoms with E-state index < -0.39 is 23.6 Å². The monoisotopic (exact) mass is 393 g/mol. The molecule has 0 aromatic carbocycles. The van der Waals surface area contributed by atoms with E-state index in [9.17, 15) is 14.7 Å². The maximum absolute atomic E-state index is 11.6. The Morgan fingerprint density at radius 3 is 2.61 bits per heavy atom. The summed E-state index contributed by atoms with van der Waals surface area (Å²) in [5.74, 6) is -0.529. The molecule has 158 valence electrons. The molecule has 1 amide bonds. The van der Waals surface area contributed by atoms with Gasteiger partial charge in [0, 0.05) is 25.2 Å². The fourth-order valence-corrected chi connectivity index (χ4v) is 3.64. The molecule has 7 nitrogen and oxygen atoms in total. The summed E-state index contributed by atoms with van der Waals surface area (Å²) < 4.78 is 7.33. The Bertz CT molecular complexity index is 642. The summed E-state index contributed by atoms with van der Waals surface area (Å²) in [5, 5.41) is 12.2. The fraction of sp³-hybridized carbons (Fsp3) is 0.762. The molecule has 7 heteroatoms. The van der Waals surface area contributed by atoms with Gasteiger partial charge in [0.1, 0.15) is 5.60 Å². The highest BCUT2D eigenvalue weighted by atomic mass is 16.6. The van der Waals surface area contributed by atoms with Crippen LogP contribution in [0.3, 0.4) is 0 Å². The van der Waals surface area contributed by atoms with Gasteiger partial charge in [-0.3, -0.25) is 4.79 Å². The summed E-state index contributed by atoms with van der Waals surface area (Å²) in [5.41, 5.74) is 0.286. The molecule has 0 unspecified atom stereocenters. The minimum atomic E-state index is -0.821. The van der Waals surface area contributed by atoms with Crippen molar-refractivity contribution in [3.05, 3.63) is 18.2 Å². The molecule has 1 aliphatic rings. The van der Waals surface area contributed by atoms with Gasteiger partial charge in [-0.05, 0) is 65.2 Å². The van der Waals surface area contributed by atoms with E-state index in [1.165, 1.54) is 12.8 Å². The Hall–Kier alpha value is -2.05. The van der Waals surface area contributed by atoms with Gasteiger partial charge in [0.15, 0.2) is 0 Å². The Labute approximate surface area is 167 Å². The van der Waals surface area contributed by atoms with Crippen LogP contribution < -0.4 is 5.32 Å². The van der Waals surface area contributed by atoms with Crippen molar-refractivity contribution < 1.29 is 19.4 Å². The van der Waals surface area contributed by atoms with Gasteiger partial charge in [-0.25, -0.2) is 9.78 Å². The number of aliphatic carboxylic acids is 1. The number of amides is 1. The number of alkyl carbamates (subject to hydrolysis) is 1. The molecule has 1 atom stereocenters. The lowest BCUT2D eigenvalue weighted by atomic mass is 9.87. The number of carbonyl (C=O) groups excluding carboxylic acids is 1. The number of nitrogens with one attached hydrogen (secondary N) is 1. The first kappa shape index (κ1) is 22.2. The van der Waals surface area contributed by atoms with Crippen LogP contribution in [-0.2, 0) is 16.0 Å². The number of hydrogen-bond acceptors (Lipinski definition) is 4. The van der Waals surface area contributed by atoms with Crippen molar-refractivity contribution in [2.24, 2.45) is 11.8 Å². The summed E-state index contributed by atoms with van der Waals surface area (Å²) in [7, 11) is 0. The molecule has 28 heavy (non-hydrogen) atoms. The van der Waals surface area contributed by atoms with Gasteiger partial charge in [-0.2, -0.15) is 0 Å². The molecule has 0 radical (unpaired) electrons. The fourth-order valence-electron chi connectivity index (χ4n) is 3.64. The van der Waals surface area contributed by atoms with Gasteiger partial charge in [0.05, 0.1) is 17.9 Å². The van der Waals surface area contributed by atoms with E-state index in [4.69, 9.17) is 4.74 Å². The van der Waals surface area contributed by atoms with E-state index in [-0.39, 0.29) is 0 Å². The van der Waals surface area contributed by atoms with Crippen LogP contribution in [0.4, 0.5) is 4.79 Å². The molecule has 1 fully saturated rings. The van der Waals surface area contributed by atoms with Crippen molar-refractivity contribution in [2.45, 2.75) is 84.3 Å². The quantitative estimate of drug-likeness (QED) is 0.646.